The van der Waals surface area contributed by atoms with E-state index in [0.717, 1.165) is 5.56 Å². The van der Waals surface area contributed by atoms with Crippen LogP contribution in [0.2, 0.25) is 0 Å². The molecular weight excluding hydrogens is 492 g/mol. The number of fused-ring (bicyclic) bond motifs is 1. The van der Waals surface area contributed by atoms with E-state index >= 15 is 0 Å². The lowest BCUT2D eigenvalue weighted by Crippen LogP contribution is -2.43. The summed E-state index contributed by atoms with van der Waals surface area (Å²) in [5.74, 6) is -1.39. The Hall–Kier alpha value is -2.92. The number of sulfonamides is 1. The molecule has 1 amide bonds. The Bertz CT molecular complexity index is 1360. The molecule has 2 aromatic rings. The van der Waals surface area contributed by atoms with E-state index in [1.807, 2.05) is 19.1 Å². The van der Waals surface area contributed by atoms with Crippen molar-refractivity contribution in [2.24, 2.45) is 0 Å². The fourth-order valence-corrected chi connectivity index (χ4v) is 8.22. The summed E-state index contributed by atoms with van der Waals surface area (Å²) in [6.45, 7) is 3.30. The van der Waals surface area contributed by atoms with Crippen molar-refractivity contribution in [3.8, 4) is 0 Å². The van der Waals surface area contributed by atoms with E-state index in [1.54, 1.807) is 19.1 Å². The Labute approximate surface area is 205 Å². The fraction of sp³-hybridized carbons (Fsp3) is 0.417. The van der Waals surface area contributed by atoms with Crippen LogP contribution in [-0.4, -0.2) is 70.4 Å². The maximum absolute atomic E-state index is 13.4. The van der Waals surface area contributed by atoms with Crippen LogP contribution in [0.3, 0.4) is 0 Å². The van der Waals surface area contributed by atoms with Crippen LogP contribution in [0.25, 0.3) is 0 Å². The van der Waals surface area contributed by atoms with E-state index in [1.165, 1.54) is 33.5 Å². The van der Waals surface area contributed by atoms with Crippen molar-refractivity contribution >= 4 is 37.4 Å². The number of benzene rings is 2. The number of carbonyl (C=O) groups is 2. The number of rotatable bonds is 7. The third-order valence-electron chi connectivity index (χ3n) is 6.41. The molecule has 2 aliphatic heterocycles. The molecule has 2 heterocycles. The van der Waals surface area contributed by atoms with Crippen molar-refractivity contribution < 1.29 is 31.2 Å². The Balaban J connectivity index is 1.47. The molecule has 0 N–H and O–H groups in total. The summed E-state index contributed by atoms with van der Waals surface area (Å²) < 4.78 is 56.9. The molecule has 0 bridgehead atoms. The quantitative estimate of drug-likeness (QED) is 0.513. The lowest BCUT2D eigenvalue weighted by molar-refractivity contribution is -0.136. The van der Waals surface area contributed by atoms with Gasteiger partial charge in [-0.15, -0.1) is 0 Å². The molecule has 2 aliphatic rings. The predicted molar refractivity (Wildman–Crippen MR) is 130 cm³/mol. The predicted octanol–water partition coefficient (Wildman–Crippen LogP) is 2.02. The highest BCUT2D eigenvalue weighted by molar-refractivity contribution is 7.93. The average Bonchev–Trinajstić information content (AvgIpc) is 3.36. The summed E-state index contributed by atoms with van der Waals surface area (Å²) in [6.07, 6.45) is 0.948. The largest absolute Gasteiger partial charge is 0.452 e. The SMILES string of the molecule is CCN(C(=O)COC(=O)c1cccc(S(=O)(=O)N2c3ccccc3C[C@H]2C)c1)[C@@H]1CCS(=O)(=O)C1. The first-order valence-corrected chi connectivity index (χ1v) is 14.7. The second-order valence-corrected chi connectivity index (χ2v) is 12.9. The van der Waals surface area contributed by atoms with Crippen LogP contribution in [0.15, 0.2) is 53.4 Å². The van der Waals surface area contributed by atoms with Crippen molar-refractivity contribution in [2.45, 2.75) is 43.7 Å². The van der Waals surface area contributed by atoms with Crippen molar-refractivity contribution in [2.75, 3.05) is 29.0 Å². The molecule has 2 aromatic carbocycles. The maximum Gasteiger partial charge on any atom is 0.338 e. The topological polar surface area (TPSA) is 118 Å². The Morgan fingerprint density at radius 1 is 1.14 bits per heavy atom. The Kier molecular flexibility index (Phi) is 6.92. The zero-order valence-corrected chi connectivity index (χ0v) is 21.2. The molecule has 11 heteroatoms. The lowest BCUT2D eigenvalue weighted by atomic mass is 10.1. The molecule has 0 aromatic heterocycles. The summed E-state index contributed by atoms with van der Waals surface area (Å²) in [6, 6.07) is 12.1. The minimum absolute atomic E-state index is 0.00510. The minimum Gasteiger partial charge on any atom is -0.452 e. The Morgan fingerprint density at radius 2 is 1.89 bits per heavy atom. The van der Waals surface area contributed by atoms with Gasteiger partial charge in [-0.2, -0.15) is 0 Å². The molecule has 0 radical (unpaired) electrons. The van der Waals surface area contributed by atoms with Crippen LogP contribution < -0.4 is 4.31 Å². The highest BCUT2D eigenvalue weighted by Gasteiger charge is 2.36. The smallest absolute Gasteiger partial charge is 0.338 e. The highest BCUT2D eigenvalue weighted by atomic mass is 32.2. The number of hydrogen-bond donors (Lipinski definition) is 0. The number of carbonyl (C=O) groups excluding carboxylic acids is 2. The number of para-hydroxylation sites is 1. The first kappa shape index (κ1) is 25.2. The van der Waals surface area contributed by atoms with E-state index in [2.05, 4.69) is 0 Å². The van der Waals surface area contributed by atoms with Gasteiger partial charge in [0.05, 0.1) is 27.7 Å². The normalized spacial score (nSPS) is 20.9. The second-order valence-electron chi connectivity index (χ2n) is 8.82. The number of amides is 1. The maximum atomic E-state index is 13.4. The Morgan fingerprint density at radius 3 is 2.57 bits per heavy atom. The molecule has 0 unspecified atom stereocenters. The highest BCUT2D eigenvalue weighted by Crippen LogP contribution is 2.36. The second kappa shape index (κ2) is 9.62. The van der Waals surface area contributed by atoms with Crippen molar-refractivity contribution in [3.05, 3.63) is 59.7 Å². The minimum atomic E-state index is -3.93. The number of nitrogens with zero attached hydrogens (tertiary/aromatic N) is 2. The monoisotopic (exact) mass is 520 g/mol. The molecule has 2 atom stereocenters. The first-order valence-electron chi connectivity index (χ1n) is 11.4. The summed E-state index contributed by atoms with van der Waals surface area (Å²) in [4.78, 5) is 26.6. The molecule has 188 valence electrons. The number of anilines is 1. The molecular formula is C24H28N2O7S2. The van der Waals surface area contributed by atoms with E-state index in [4.69, 9.17) is 4.74 Å². The summed E-state index contributed by atoms with van der Waals surface area (Å²) in [7, 11) is -7.10. The molecule has 1 saturated heterocycles. The number of esters is 1. The zero-order chi connectivity index (χ0) is 25.4. The zero-order valence-electron chi connectivity index (χ0n) is 19.6. The van der Waals surface area contributed by atoms with Gasteiger partial charge in [0, 0.05) is 18.6 Å². The van der Waals surface area contributed by atoms with Crippen LogP contribution in [-0.2, 0) is 35.8 Å². The third-order valence-corrected chi connectivity index (χ3v) is 10.1. The van der Waals surface area contributed by atoms with Gasteiger partial charge in [0.2, 0.25) is 0 Å². The number of hydrogen-bond acceptors (Lipinski definition) is 7. The van der Waals surface area contributed by atoms with Gasteiger partial charge < -0.3 is 9.64 Å². The number of ether oxygens (including phenoxy) is 1. The summed E-state index contributed by atoms with van der Waals surface area (Å²) in [5, 5.41) is 0. The van der Waals surface area contributed by atoms with Crippen LogP contribution >= 0.6 is 0 Å². The molecule has 0 aliphatic carbocycles. The van der Waals surface area contributed by atoms with Gasteiger partial charge in [0.25, 0.3) is 15.9 Å². The van der Waals surface area contributed by atoms with Crippen LogP contribution in [0.1, 0.15) is 36.2 Å². The average molecular weight is 521 g/mol. The van der Waals surface area contributed by atoms with Crippen LogP contribution in [0, 0.1) is 0 Å². The van der Waals surface area contributed by atoms with E-state index in [9.17, 15) is 26.4 Å². The van der Waals surface area contributed by atoms with E-state index in [-0.39, 0.29) is 28.0 Å². The lowest BCUT2D eigenvalue weighted by Gasteiger charge is -2.26. The molecule has 35 heavy (non-hydrogen) atoms. The molecule has 0 saturated carbocycles. The van der Waals surface area contributed by atoms with Gasteiger partial charge in [0.1, 0.15) is 0 Å². The van der Waals surface area contributed by atoms with Crippen molar-refractivity contribution in [1.82, 2.24) is 4.90 Å². The third kappa shape index (κ3) is 5.06. The molecule has 9 nitrogen and oxygen atoms in total. The summed E-state index contributed by atoms with van der Waals surface area (Å²) >= 11 is 0. The van der Waals surface area contributed by atoms with Gasteiger partial charge in [-0.05, 0) is 56.5 Å². The fourth-order valence-electron chi connectivity index (χ4n) is 4.75. The van der Waals surface area contributed by atoms with Crippen LogP contribution in [0.5, 0.6) is 0 Å². The molecule has 0 spiro atoms. The number of sulfone groups is 1. The van der Waals surface area contributed by atoms with Crippen LogP contribution in [0.4, 0.5) is 5.69 Å². The standard InChI is InChI=1S/C24H28N2O7S2/c1-3-25(20-11-12-34(29,30)16-20)23(27)15-33-24(28)19-8-6-9-21(14-19)35(31,32)26-17(2)13-18-7-4-5-10-22(18)26/h4-10,14,17,20H,3,11-13,15-16H2,1-2H3/t17-,20-/m1/s1. The van der Waals surface area contributed by atoms with Crippen molar-refractivity contribution in [3.63, 3.8) is 0 Å². The van der Waals surface area contributed by atoms with Gasteiger partial charge in [-0.1, -0.05) is 24.3 Å². The molecule has 1 fully saturated rings. The van der Waals surface area contributed by atoms with E-state index < -0.39 is 44.4 Å². The summed E-state index contributed by atoms with van der Waals surface area (Å²) in [5.41, 5.74) is 1.56. The van der Waals surface area contributed by atoms with Gasteiger partial charge in [-0.3, -0.25) is 9.10 Å². The first-order chi connectivity index (χ1) is 16.5. The van der Waals surface area contributed by atoms with Gasteiger partial charge in [-0.25, -0.2) is 21.6 Å². The van der Waals surface area contributed by atoms with Crippen molar-refractivity contribution in [1.29, 1.82) is 0 Å². The van der Waals surface area contributed by atoms with Gasteiger partial charge >= 0.3 is 5.97 Å². The van der Waals surface area contributed by atoms with Gasteiger partial charge in [0.15, 0.2) is 16.4 Å². The molecule has 4 rings (SSSR count). The van der Waals surface area contributed by atoms with E-state index in [0.29, 0.717) is 25.1 Å². The number of likely N-dealkylation sites (N-methyl/N-ethyl adjacent to an activating group) is 1.